The molecule has 1 aromatic carbocycles. The molecule has 1 fully saturated rings. The number of anilines is 2. The van der Waals surface area contributed by atoms with E-state index in [1.165, 1.54) is 12.8 Å². The van der Waals surface area contributed by atoms with E-state index >= 15 is 0 Å². The maximum absolute atomic E-state index is 6.16. The molecule has 0 spiro atoms. The number of benzene rings is 1. The summed E-state index contributed by atoms with van der Waals surface area (Å²) in [5, 5.41) is 4.59. The number of nitrogen functional groups attached to an aromatic ring is 1. The van der Waals surface area contributed by atoms with Crippen molar-refractivity contribution in [2.24, 2.45) is 0 Å². The zero-order valence-corrected chi connectivity index (χ0v) is 11.9. The fourth-order valence-corrected chi connectivity index (χ4v) is 2.75. The number of halogens is 1. The van der Waals surface area contributed by atoms with Crippen molar-refractivity contribution in [2.45, 2.75) is 25.7 Å². The Morgan fingerprint density at radius 1 is 1.15 bits per heavy atom. The van der Waals surface area contributed by atoms with Crippen molar-refractivity contribution in [3.05, 3.63) is 23.2 Å². The zero-order valence-electron chi connectivity index (χ0n) is 11.2. The van der Waals surface area contributed by atoms with Gasteiger partial charge < -0.3 is 15.2 Å². The van der Waals surface area contributed by atoms with E-state index in [1.54, 1.807) is 18.2 Å². The van der Waals surface area contributed by atoms with Gasteiger partial charge in [-0.15, -0.1) is 0 Å². The van der Waals surface area contributed by atoms with Crippen LogP contribution in [0.2, 0.25) is 5.02 Å². The third kappa shape index (κ3) is 2.58. The largest absolute Gasteiger partial charge is 0.398 e. The molecule has 2 N–H and O–H groups in total. The Labute approximate surface area is 122 Å². The smallest absolute Gasteiger partial charge is 0.266 e. The molecule has 106 valence electrons. The second-order valence-corrected chi connectivity index (χ2v) is 5.41. The van der Waals surface area contributed by atoms with E-state index < -0.39 is 0 Å². The quantitative estimate of drug-likeness (QED) is 0.860. The van der Waals surface area contributed by atoms with Gasteiger partial charge in [0.25, 0.3) is 11.8 Å². The molecule has 1 aliphatic rings. The van der Waals surface area contributed by atoms with Gasteiger partial charge >= 0.3 is 0 Å². The predicted molar refractivity (Wildman–Crippen MR) is 79.8 cm³/mol. The van der Waals surface area contributed by atoms with Crippen molar-refractivity contribution in [1.29, 1.82) is 0 Å². The fourth-order valence-electron chi connectivity index (χ4n) is 2.48. The van der Waals surface area contributed by atoms with E-state index in [2.05, 4.69) is 15.0 Å². The van der Waals surface area contributed by atoms with Crippen LogP contribution in [0.15, 0.2) is 22.7 Å². The first-order valence-corrected chi connectivity index (χ1v) is 7.26. The topological polar surface area (TPSA) is 68.2 Å². The van der Waals surface area contributed by atoms with Gasteiger partial charge in [0, 0.05) is 18.8 Å². The lowest BCUT2D eigenvalue weighted by Gasteiger charge is -2.16. The van der Waals surface area contributed by atoms with Crippen molar-refractivity contribution in [3.8, 4) is 11.5 Å². The van der Waals surface area contributed by atoms with E-state index in [-0.39, 0.29) is 0 Å². The van der Waals surface area contributed by atoms with Gasteiger partial charge in [-0.25, -0.2) is 0 Å². The van der Waals surface area contributed by atoms with Crippen LogP contribution in [0.3, 0.4) is 0 Å². The standard InChI is InChI=1S/C14H17ClN4O/c15-10-6-5-7-11(16)12(10)13-17-14(18-20-13)19-8-3-1-2-4-9-19/h5-7H,1-4,8-9,16H2. The van der Waals surface area contributed by atoms with Crippen LogP contribution in [0.5, 0.6) is 0 Å². The summed E-state index contributed by atoms with van der Waals surface area (Å²) in [5.74, 6) is 1.01. The molecule has 2 aromatic rings. The third-order valence-electron chi connectivity index (χ3n) is 3.56. The number of hydrogen-bond acceptors (Lipinski definition) is 5. The second kappa shape index (κ2) is 5.71. The molecule has 0 saturated carbocycles. The van der Waals surface area contributed by atoms with Crippen LogP contribution in [-0.4, -0.2) is 23.2 Å². The lowest BCUT2D eigenvalue weighted by Crippen LogP contribution is -2.24. The van der Waals surface area contributed by atoms with Crippen LogP contribution in [-0.2, 0) is 0 Å². The van der Waals surface area contributed by atoms with Crippen LogP contribution < -0.4 is 10.6 Å². The van der Waals surface area contributed by atoms with E-state index in [9.17, 15) is 0 Å². The summed E-state index contributed by atoms with van der Waals surface area (Å²) < 4.78 is 5.34. The number of nitrogens with zero attached hydrogens (tertiary/aromatic N) is 3. The van der Waals surface area contributed by atoms with Crippen molar-refractivity contribution in [1.82, 2.24) is 10.1 Å². The molecule has 6 heteroatoms. The lowest BCUT2D eigenvalue weighted by atomic mass is 10.2. The molecule has 0 radical (unpaired) electrons. The zero-order chi connectivity index (χ0) is 13.9. The highest BCUT2D eigenvalue weighted by atomic mass is 35.5. The van der Waals surface area contributed by atoms with Crippen LogP contribution in [0, 0.1) is 0 Å². The summed E-state index contributed by atoms with van der Waals surface area (Å²) >= 11 is 6.16. The van der Waals surface area contributed by atoms with Gasteiger partial charge in [0.05, 0.1) is 10.6 Å². The molecule has 0 unspecified atom stereocenters. The van der Waals surface area contributed by atoms with Crippen molar-refractivity contribution in [2.75, 3.05) is 23.7 Å². The molecule has 1 aromatic heterocycles. The van der Waals surface area contributed by atoms with E-state index in [4.69, 9.17) is 21.9 Å². The van der Waals surface area contributed by atoms with Crippen molar-refractivity contribution < 1.29 is 4.52 Å². The summed E-state index contributed by atoms with van der Waals surface area (Å²) in [6.07, 6.45) is 4.85. The van der Waals surface area contributed by atoms with Crippen molar-refractivity contribution >= 4 is 23.2 Å². The molecule has 0 aliphatic carbocycles. The minimum absolute atomic E-state index is 0.382. The third-order valence-corrected chi connectivity index (χ3v) is 3.88. The van der Waals surface area contributed by atoms with Crippen LogP contribution in [0.1, 0.15) is 25.7 Å². The van der Waals surface area contributed by atoms with Crippen LogP contribution >= 0.6 is 11.6 Å². The van der Waals surface area contributed by atoms with Gasteiger partial charge in [0.1, 0.15) is 0 Å². The predicted octanol–water partition coefficient (Wildman–Crippen LogP) is 3.35. The first-order chi connectivity index (χ1) is 9.75. The second-order valence-electron chi connectivity index (χ2n) is 5.00. The minimum Gasteiger partial charge on any atom is -0.398 e. The molecular formula is C14H17ClN4O. The first kappa shape index (κ1) is 13.2. The molecule has 0 bridgehead atoms. The highest BCUT2D eigenvalue weighted by Gasteiger charge is 2.19. The SMILES string of the molecule is Nc1cccc(Cl)c1-c1nc(N2CCCCCC2)no1. The average Bonchev–Trinajstić information content (AvgIpc) is 2.74. The van der Waals surface area contributed by atoms with Gasteiger partial charge in [0.15, 0.2) is 0 Å². The Morgan fingerprint density at radius 2 is 1.90 bits per heavy atom. The van der Waals surface area contributed by atoms with E-state index in [0.29, 0.717) is 28.1 Å². The van der Waals surface area contributed by atoms with Gasteiger partial charge in [-0.05, 0) is 30.1 Å². The van der Waals surface area contributed by atoms with Crippen molar-refractivity contribution in [3.63, 3.8) is 0 Å². The highest BCUT2D eigenvalue weighted by Crippen LogP contribution is 2.33. The molecule has 1 aliphatic heterocycles. The van der Waals surface area contributed by atoms with Gasteiger partial charge in [-0.2, -0.15) is 4.98 Å². The Balaban J connectivity index is 1.90. The summed E-state index contributed by atoms with van der Waals surface area (Å²) in [4.78, 5) is 6.61. The molecule has 2 heterocycles. The molecule has 5 nitrogen and oxygen atoms in total. The maximum atomic E-state index is 6.16. The molecule has 20 heavy (non-hydrogen) atoms. The van der Waals surface area contributed by atoms with Gasteiger partial charge in [-0.3, -0.25) is 0 Å². The summed E-state index contributed by atoms with van der Waals surface area (Å²) in [6.45, 7) is 1.94. The highest BCUT2D eigenvalue weighted by molar-refractivity contribution is 6.33. The minimum atomic E-state index is 0.382. The summed E-state index contributed by atoms with van der Waals surface area (Å²) in [7, 11) is 0. The van der Waals surface area contributed by atoms with E-state index in [0.717, 1.165) is 25.9 Å². The van der Waals surface area contributed by atoms with Crippen LogP contribution in [0.4, 0.5) is 11.6 Å². The van der Waals surface area contributed by atoms with Gasteiger partial charge in [0.2, 0.25) is 0 Å². The number of hydrogen-bond donors (Lipinski definition) is 1. The molecule has 1 saturated heterocycles. The fraction of sp³-hybridized carbons (Fsp3) is 0.429. The molecule has 0 amide bonds. The number of rotatable bonds is 2. The number of nitrogens with two attached hydrogens (primary N) is 1. The Morgan fingerprint density at radius 3 is 2.60 bits per heavy atom. The Bertz CT molecular complexity index is 570. The van der Waals surface area contributed by atoms with Gasteiger partial charge in [-0.1, -0.05) is 30.5 Å². The van der Waals surface area contributed by atoms with Crippen LogP contribution in [0.25, 0.3) is 11.5 Å². The first-order valence-electron chi connectivity index (χ1n) is 6.89. The molecule has 3 rings (SSSR count). The van der Waals surface area contributed by atoms with E-state index in [1.807, 2.05) is 0 Å². The maximum Gasteiger partial charge on any atom is 0.266 e. The summed E-state index contributed by atoms with van der Waals surface area (Å²) in [6, 6.07) is 5.34. The Hall–Kier alpha value is -1.75. The summed E-state index contributed by atoms with van der Waals surface area (Å²) in [5.41, 5.74) is 7.10. The lowest BCUT2D eigenvalue weighted by molar-refractivity contribution is 0.429. The number of aromatic nitrogens is 2. The molecule has 0 atom stereocenters. The Kier molecular flexibility index (Phi) is 3.78. The normalized spacial score (nSPS) is 16.1. The average molecular weight is 293 g/mol. The molecular weight excluding hydrogens is 276 g/mol. The monoisotopic (exact) mass is 292 g/mol.